The van der Waals surface area contributed by atoms with Gasteiger partial charge in [0.2, 0.25) is 10.0 Å². The third-order valence-electron chi connectivity index (χ3n) is 2.41. The molecule has 0 amide bonds. The first-order valence-corrected chi connectivity index (χ1v) is 7.45. The topological polar surface area (TPSA) is 83.2 Å². The van der Waals surface area contributed by atoms with Gasteiger partial charge in [-0.05, 0) is 19.0 Å². The molecule has 0 saturated heterocycles. The van der Waals surface area contributed by atoms with E-state index in [9.17, 15) is 8.42 Å². The van der Waals surface area contributed by atoms with E-state index in [0.717, 1.165) is 12.2 Å². The first-order valence-electron chi connectivity index (χ1n) is 5.96. The Kier molecular flexibility index (Phi) is 6.34. The van der Waals surface area contributed by atoms with Crippen LogP contribution >= 0.6 is 0 Å². The maximum atomic E-state index is 11.9. The summed E-state index contributed by atoms with van der Waals surface area (Å²) < 4.78 is 31.2. The van der Waals surface area contributed by atoms with Crippen molar-refractivity contribution in [3.05, 3.63) is 18.0 Å². The monoisotopic (exact) mass is 275 g/mol. The fourth-order valence-corrected chi connectivity index (χ4v) is 2.53. The molecule has 0 saturated carbocycles. The van der Waals surface area contributed by atoms with Crippen LogP contribution in [0.25, 0.3) is 0 Å². The predicted octanol–water partition coefficient (Wildman–Crippen LogP) is 0.439. The van der Waals surface area contributed by atoms with Crippen molar-refractivity contribution < 1.29 is 13.2 Å². The fourth-order valence-electron chi connectivity index (χ4n) is 1.44. The lowest BCUT2D eigenvalue weighted by Gasteiger charge is -2.04. The molecule has 0 aromatic carbocycles. The quantitative estimate of drug-likeness (QED) is 0.571. The van der Waals surface area contributed by atoms with Crippen molar-refractivity contribution in [2.45, 2.75) is 24.8 Å². The smallest absolute Gasteiger partial charge is 0.242 e. The molecule has 1 heterocycles. The van der Waals surface area contributed by atoms with Gasteiger partial charge in [0.1, 0.15) is 0 Å². The van der Waals surface area contributed by atoms with Gasteiger partial charge in [0.15, 0.2) is 0 Å². The van der Waals surface area contributed by atoms with Gasteiger partial charge in [-0.2, -0.15) is 0 Å². The zero-order valence-corrected chi connectivity index (χ0v) is 11.6. The Hall–Kier alpha value is -0.890. The molecule has 1 aromatic rings. The van der Waals surface area contributed by atoms with Crippen LogP contribution in [0.2, 0.25) is 0 Å². The van der Waals surface area contributed by atoms with Crippen molar-refractivity contribution in [1.82, 2.24) is 15.0 Å². The first-order chi connectivity index (χ1) is 8.60. The summed E-state index contributed by atoms with van der Waals surface area (Å²) in [6.45, 7) is 4.40. The number of sulfonamides is 1. The van der Waals surface area contributed by atoms with E-state index >= 15 is 0 Å². The zero-order chi connectivity index (χ0) is 13.4. The minimum atomic E-state index is -3.41. The summed E-state index contributed by atoms with van der Waals surface area (Å²) in [7, 11) is -1.82. The van der Waals surface area contributed by atoms with Gasteiger partial charge in [0, 0.05) is 38.7 Å². The summed E-state index contributed by atoms with van der Waals surface area (Å²) in [4.78, 5) is 3.21. The zero-order valence-electron chi connectivity index (χ0n) is 10.8. The lowest BCUT2D eigenvalue weighted by atomic mass is 10.4. The van der Waals surface area contributed by atoms with E-state index in [4.69, 9.17) is 4.74 Å². The summed E-state index contributed by atoms with van der Waals surface area (Å²) in [6.07, 6.45) is 2.16. The molecule has 0 radical (unpaired) electrons. The van der Waals surface area contributed by atoms with Crippen LogP contribution in [0.15, 0.2) is 17.2 Å². The lowest BCUT2D eigenvalue weighted by Crippen LogP contribution is -2.25. The summed E-state index contributed by atoms with van der Waals surface area (Å²) in [5.74, 6) is 0. The van der Waals surface area contributed by atoms with Crippen molar-refractivity contribution in [3.63, 3.8) is 0 Å². The Morgan fingerprint density at radius 3 is 2.89 bits per heavy atom. The highest BCUT2D eigenvalue weighted by atomic mass is 32.2. The molecule has 0 spiro atoms. The second-order valence-electron chi connectivity index (χ2n) is 3.89. The van der Waals surface area contributed by atoms with Crippen LogP contribution in [0, 0.1) is 0 Å². The third kappa shape index (κ3) is 4.77. The maximum Gasteiger partial charge on any atom is 0.242 e. The molecule has 0 unspecified atom stereocenters. The second kappa shape index (κ2) is 7.52. The maximum absolute atomic E-state index is 11.9. The molecule has 0 aliphatic rings. The van der Waals surface area contributed by atoms with Gasteiger partial charge in [-0.15, -0.1) is 0 Å². The van der Waals surface area contributed by atoms with E-state index in [1.165, 1.54) is 6.20 Å². The molecule has 6 nitrogen and oxygen atoms in total. The molecule has 104 valence electrons. The minimum absolute atomic E-state index is 0.271. The van der Waals surface area contributed by atoms with Gasteiger partial charge in [0.05, 0.1) is 4.90 Å². The number of nitrogens with one attached hydrogen (secondary N) is 3. The van der Waals surface area contributed by atoms with E-state index in [2.05, 4.69) is 15.0 Å². The van der Waals surface area contributed by atoms with Crippen molar-refractivity contribution in [1.29, 1.82) is 0 Å². The van der Waals surface area contributed by atoms with Crippen molar-refractivity contribution in [3.8, 4) is 0 Å². The number of aromatic nitrogens is 1. The molecule has 0 aliphatic carbocycles. The normalized spacial score (nSPS) is 11.9. The van der Waals surface area contributed by atoms with Crippen LogP contribution < -0.4 is 10.0 Å². The van der Waals surface area contributed by atoms with E-state index in [1.807, 2.05) is 6.92 Å². The van der Waals surface area contributed by atoms with E-state index in [0.29, 0.717) is 26.1 Å². The van der Waals surface area contributed by atoms with Gasteiger partial charge in [0.25, 0.3) is 0 Å². The lowest BCUT2D eigenvalue weighted by molar-refractivity contribution is 0.196. The second-order valence-corrected chi connectivity index (χ2v) is 5.65. The number of aromatic amines is 1. The Morgan fingerprint density at radius 1 is 1.44 bits per heavy atom. The molecule has 7 heteroatoms. The molecule has 18 heavy (non-hydrogen) atoms. The highest BCUT2D eigenvalue weighted by molar-refractivity contribution is 7.89. The third-order valence-corrected chi connectivity index (χ3v) is 3.85. The fraction of sp³-hybridized carbons (Fsp3) is 0.636. The van der Waals surface area contributed by atoms with Crippen LogP contribution in [-0.2, 0) is 21.3 Å². The molecular weight excluding hydrogens is 254 g/mol. The van der Waals surface area contributed by atoms with Gasteiger partial charge in [-0.3, -0.25) is 0 Å². The van der Waals surface area contributed by atoms with Crippen LogP contribution in [0.1, 0.15) is 19.0 Å². The summed E-state index contributed by atoms with van der Waals surface area (Å²) >= 11 is 0. The largest absolute Gasteiger partial charge is 0.385 e. The molecule has 3 N–H and O–H groups in total. The SMILES string of the molecule is CCNCc1cc(S(=O)(=O)NCCCOC)c[nH]1. The summed E-state index contributed by atoms with van der Waals surface area (Å²) in [5, 5.41) is 3.13. The molecule has 0 fully saturated rings. The van der Waals surface area contributed by atoms with Crippen LogP contribution in [0.3, 0.4) is 0 Å². The van der Waals surface area contributed by atoms with Crippen molar-refractivity contribution >= 4 is 10.0 Å². The molecule has 1 aromatic heterocycles. The van der Waals surface area contributed by atoms with Crippen molar-refractivity contribution in [2.24, 2.45) is 0 Å². The van der Waals surface area contributed by atoms with Gasteiger partial charge < -0.3 is 15.0 Å². The first kappa shape index (κ1) is 15.2. The standard InChI is InChI=1S/C11H21N3O3S/c1-3-12-8-10-7-11(9-13-10)18(15,16)14-5-4-6-17-2/h7,9,12-14H,3-6,8H2,1-2H3. The number of rotatable bonds is 9. The summed E-state index contributed by atoms with van der Waals surface area (Å²) in [6, 6.07) is 1.64. The number of H-pyrrole nitrogens is 1. The number of methoxy groups -OCH3 is 1. The highest BCUT2D eigenvalue weighted by Crippen LogP contribution is 2.10. The Bertz CT molecular complexity index is 442. The highest BCUT2D eigenvalue weighted by Gasteiger charge is 2.14. The molecule has 1 rings (SSSR count). The number of hydrogen-bond acceptors (Lipinski definition) is 4. The average molecular weight is 275 g/mol. The van der Waals surface area contributed by atoms with Crippen LogP contribution in [0.5, 0.6) is 0 Å². The van der Waals surface area contributed by atoms with Crippen molar-refractivity contribution in [2.75, 3.05) is 26.8 Å². The Morgan fingerprint density at radius 2 is 2.22 bits per heavy atom. The predicted molar refractivity (Wildman–Crippen MR) is 69.9 cm³/mol. The Labute approximate surface area is 108 Å². The van der Waals surface area contributed by atoms with Gasteiger partial charge >= 0.3 is 0 Å². The molecule has 0 aliphatic heterocycles. The molecule has 0 atom stereocenters. The number of hydrogen-bond donors (Lipinski definition) is 3. The van der Waals surface area contributed by atoms with E-state index < -0.39 is 10.0 Å². The van der Waals surface area contributed by atoms with Gasteiger partial charge in [-0.25, -0.2) is 13.1 Å². The molecular formula is C11H21N3O3S. The number of ether oxygens (including phenoxy) is 1. The minimum Gasteiger partial charge on any atom is -0.385 e. The summed E-state index contributed by atoms with van der Waals surface area (Å²) in [5.41, 5.74) is 0.856. The Balaban J connectivity index is 2.53. The van der Waals surface area contributed by atoms with Gasteiger partial charge in [-0.1, -0.05) is 6.92 Å². The average Bonchev–Trinajstić information content (AvgIpc) is 2.81. The molecule has 0 bridgehead atoms. The van der Waals surface area contributed by atoms with E-state index in [-0.39, 0.29) is 4.90 Å². The van der Waals surface area contributed by atoms with E-state index in [1.54, 1.807) is 13.2 Å². The van der Waals surface area contributed by atoms with Crippen LogP contribution in [-0.4, -0.2) is 40.2 Å². The van der Waals surface area contributed by atoms with Crippen LogP contribution in [0.4, 0.5) is 0 Å².